The third kappa shape index (κ3) is 4.36. The van der Waals surface area contributed by atoms with Gasteiger partial charge in [-0.2, -0.15) is 0 Å². The van der Waals surface area contributed by atoms with Crippen LogP contribution < -0.4 is 15.4 Å². The van der Waals surface area contributed by atoms with Gasteiger partial charge in [0, 0.05) is 11.6 Å². The van der Waals surface area contributed by atoms with Crippen molar-refractivity contribution in [2.45, 2.75) is 26.4 Å². The van der Waals surface area contributed by atoms with Gasteiger partial charge in [0.25, 0.3) is 0 Å². The molecule has 1 fully saturated rings. The van der Waals surface area contributed by atoms with E-state index in [1.54, 1.807) is 0 Å². The Morgan fingerprint density at radius 1 is 1.17 bits per heavy atom. The number of nitrogens with one attached hydrogen (secondary N) is 2. The molecule has 126 valence electrons. The molecule has 0 bridgehead atoms. The second kappa shape index (κ2) is 7.97. The van der Waals surface area contributed by atoms with Gasteiger partial charge in [-0.1, -0.05) is 30.3 Å². The minimum absolute atomic E-state index is 0.111. The first-order chi connectivity index (χ1) is 11.7. The van der Waals surface area contributed by atoms with E-state index in [4.69, 9.17) is 4.74 Å². The van der Waals surface area contributed by atoms with E-state index in [9.17, 15) is 4.79 Å². The van der Waals surface area contributed by atoms with Gasteiger partial charge in [-0.05, 0) is 62.2 Å². The van der Waals surface area contributed by atoms with Gasteiger partial charge in [-0.15, -0.1) is 0 Å². The van der Waals surface area contributed by atoms with Crippen LogP contribution in [-0.4, -0.2) is 19.0 Å². The molecule has 0 aliphatic carbocycles. The molecule has 1 heterocycles. The van der Waals surface area contributed by atoms with Crippen LogP contribution in [0, 0.1) is 12.8 Å². The highest BCUT2D eigenvalue weighted by molar-refractivity contribution is 5.93. The molecule has 0 unspecified atom stereocenters. The van der Waals surface area contributed by atoms with Crippen LogP contribution in [0.2, 0.25) is 0 Å². The topological polar surface area (TPSA) is 50.4 Å². The Kier molecular flexibility index (Phi) is 5.49. The molecule has 1 aliphatic heterocycles. The van der Waals surface area contributed by atoms with Crippen LogP contribution in [0.5, 0.6) is 5.75 Å². The number of aryl methyl sites for hydroxylation is 1. The molecular formula is C20H24N2O2. The van der Waals surface area contributed by atoms with Gasteiger partial charge in [0.05, 0.1) is 0 Å². The van der Waals surface area contributed by atoms with Gasteiger partial charge in [0.2, 0.25) is 5.91 Å². The highest BCUT2D eigenvalue weighted by Gasteiger charge is 2.21. The van der Waals surface area contributed by atoms with Gasteiger partial charge in [0.15, 0.2) is 0 Å². The van der Waals surface area contributed by atoms with Crippen molar-refractivity contribution in [3.05, 3.63) is 59.7 Å². The van der Waals surface area contributed by atoms with Gasteiger partial charge in [-0.3, -0.25) is 4.79 Å². The third-order valence-corrected chi connectivity index (χ3v) is 4.41. The summed E-state index contributed by atoms with van der Waals surface area (Å²) < 4.78 is 5.83. The van der Waals surface area contributed by atoms with Crippen LogP contribution in [0.4, 0.5) is 5.69 Å². The maximum Gasteiger partial charge on any atom is 0.227 e. The SMILES string of the molecule is Cc1cc(OCc2ccccc2)ccc1NC(=O)C1CCNCC1. The molecule has 0 radical (unpaired) electrons. The average molecular weight is 324 g/mol. The van der Waals surface area contributed by atoms with E-state index in [1.165, 1.54) is 0 Å². The number of amides is 1. The fourth-order valence-electron chi connectivity index (χ4n) is 2.93. The Morgan fingerprint density at radius 3 is 2.62 bits per heavy atom. The minimum Gasteiger partial charge on any atom is -0.489 e. The van der Waals surface area contributed by atoms with Crippen molar-refractivity contribution in [3.8, 4) is 5.75 Å². The van der Waals surface area contributed by atoms with Gasteiger partial charge >= 0.3 is 0 Å². The van der Waals surface area contributed by atoms with E-state index in [1.807, 2.05) is 55.5 Å². The Morgan fingerprint density at radius 2 is 1.92 bits per heavy atom. The van der Waals surface area contributed by atoms with Crippen LogP contribution in [-0.2, 0) is 11.4 Å². The molecule has 2 aromatic rings. The number of carbonyl (C=O) groups excluding carboxylic acids is 1. The van der Waals surface area contributed by atoms with Crippen LogP contribution in [0.15, 0.2) is 48.5 Å². The standard InChI is InChI=1S/C20H24N2O2/c1-15-13-18(24-14-16-5-3-2-4-6-16)7-8-19(15)22-20(23)17-9-11-21-12-10-17/h2-8,13,17,21H,9-12,14H2,1H3,(H,22,23). The lowest BCUT2D eigenvalue weighted by atomic mass is 9.97. The lowest BCUT2D eigenvalue weighted by Gasteiger charge is -2.22. The van der Waals surface area contributed by atoms with E-state index in [2.05, 4.69) is 10.6 Å². The fraction of sp³-hybridized carbons (Fsp3) is 0.350. The molecule has 0 atom stereocenters. The molecule has 1 aliphatic rings. The third-order valence-electron chi connectivity index (χ3n) is 4.41. The summed E-state index contributed by atoms with van der Waals surface area (Å²) in [5, 5.41) is 6.34. The second-order valence-electron chi connectivity index (χ2n) is 6.26. The van der Waals surface area contributed by atoms with Crippen LogP contribution >= 0.6 is 0 Å². The summed E-state index contributed by atoms with van der Waals surface area (Å²) in [4.78, 5) is 12.3. The Hall–Kier alpha value is -2.33. The number of benzene rings is 2. The van der Waals surface area contributed by atoms with Crippen LogP contribution in [0.3, 0.4) is 0 Å². The molecular weight excluding hydrogens is 300 g/mol. The highest BCUT2D eigenvalue weighted by atomic mass is 16.5. The van der Waals surface area contributed by atoms with E-state index in [-0.39, 0.29) is 11.8 Å². The lowest BCUT2D eigenvalue weighted by Crippen LogP contribution is -2.34. The first kappa shape index (κ1) is 16.5. The number of rotatable bonds is 5. The van der Waals surface area contributed by atoms with Crippen LogP contribution in [0.25, 0.3) is 0 Å². The summed E-state index contributed by atoms with van der Waals surface area (Å²) in [5.74, 6) is 1.05. The zero-order valence-electron chi connectivity index (χ0n) is 14.0. The van der Waals surface area contributed by atoms with Crippen molar-refractivity contribution in [3.63, 3.8) is 0 Å². The normalized spacial score (nSPS) is 15.0. The average Bonchev–Trinajstić information content (AvgIpc) is 2.63. The molecule has 4 heteroatoms. The summed E-state index contributed by atoms with van der Waals surface area (Å²) >= 11 is 0. The van der Waals surface area contributed by atoms with Crippen molar-refractivity contribution in [2.75, 3.05) is 18.4 Å². The molecule has 2 aromatic carbocycles. The maximum absolute atomic E-state index is 12.3. The molecule has 0 saturated carbocycles. The first-order valence-corrected chi connectivity index (χ1v) is 8.51. The minimum atomic E-state index is 0.111. The Labute approximate surface area is 143 Å². The lowest BCUT2D eigenvalue weighted by molar-refractivity contribution is -0.120. The number of hydrogen-bond acceptors (Lipinski definition) is 3. The summed E-state index contributed by atoms with van der Waals surface area (Å²) in [6.45, 7) is 4.38. The van der Waals surface area contributed by atoms with Crippen molar-refractivity contribution in [2.24, 2.45) is 5.92 Å². The van der Waals surface area contributed by atoms with Gasteiger partial charge < -0.3 is 15.4 Å². The first-order valence-electron chi connectivity index (χ1n) is 8.51. The zero-order chi connectivity index (χ0) is 16.8. The summed E-state index contributed by atoms with van der Waals surface area (Å²) in [7, 11) is 0. The van der Waals surface area contributed by atoms with Crippen molar-refractivity contribution < 1.29 is 9.53 Å². The molecule has 1 saturated heterocycles. The summed E-state index contributed by atoms with van der Waals surface area (Å²) in [6, 6.07) is 15.9. The van der Waals surface area contributed by atoms with Gasteiger partial charge in [0.1, 0.15) is 12.4 Å². The van der Waals surface area contributed by atoms with Gasteiger partial charge in [-0.25, -0.2) is 0 Å². The second-order valence-corrected chi connectivity index (χ2v) is 6.26. The molecule has 24 heavy (non-hydrogen) atoms. The molecule has 0 spiro atoms. The smallest absolute Gasteiger partial charge is 0.227 e. The number of hydrogen-bond donors (Lipinski definition) is 2. The zero-order valence-corrected chi connectivity index (χ0v) is 14.0. The number of ether oxygens (including phenoxy) is 1. The molecule has 1 amide bonds. The summed E-state index contributed by atoms with van der Waals surface area (Å²) in [5.41, 5.74) is 3.02. The number of anilines is 1. The predicted octanol–water partition coefficient (Wildman–Crippen LogP) is 3.51. The van der Waals surface area contributed by atoms with E-state index in [0.717, 1.165) is 48.5 Å². The van der Waals surface area contributed by atoms with Crippen molar-refractivity contribution in [1.82, 2.24) is 5.32 Å². The molecule has 2 N–H and O–H groups in total. The fourth-order valence-corrected chi connectivity index (χ4v) is 2.93. The monoisotopic (exact) mass is 324 g/mol. The largest absolute Gasteiger partial charge is 0.489 e. The van der Waals surface area contributed by atoms with E-state index < -0.39 is 0 Å². The summed E-state index contributed by atoms with van der Waals surface area (Å²) in [6.07, 6.45) is 1.81. The Bertz CT molecular complexity index is 679. The van der Waals surface area contributed by atoms with E-state index >= 15 is 0 Å². The van der Waals surface area contributed by atoms with E-state index in [0.29, 0.717) is 6.61 Å². The van der Waals surface area contributed by atoms with Crippen molar-refractivity contribution >= 4 is 11.6 Å². The quantitative estimate of drug-likeness (QED) is 0.885. The molecule has 3 rings (SSSR count). The van der Waals surface area contributed by atoms with Crippen molar-refractivity contribution in [1.29, 1.82) is 0 Å². The molecule has 4 nitrogen and oxygen atoms in total. The number of piperidine rings is 1. The maximum atomic E-state index is 12.3. The predicted molar refractivity (Wildman–Crippen MR) is 96.2 cm³/mol. The Balaban J connectivity index is 1.58. The van der Waals surface area contributed by atoms with Crippen LogP contribution in [0.1, 0.15) is 24.0 Å². The highest BCUT2D eigenvalue weighted by Crippen LogP contribution is 2.23. The molecule has 0 aromatic heterocycles. The number of carbonyl (C=O) groups is 1.